The summed E-state index contributed by atoms with van der Waals surface area (Å²) in [5.74, 6) is 1.60. The normalized spacial score (nSPS) is 33.3. The van der Waals surface area contributed by atoms with E-state index in [2.05, 4.69) is 26.1 Å². The molecule has 0 heterocycles. The molecule has 0 aromatic heterocycles. The highest BCUT2D eigenvalue weighted by Crippen LogP contribution is 2.35. The Hall–Kier alpha value is -0.0800. The van der Waals surface area contributed by atoms with E-state index in [4.69, 9.17) is 4.74 Å². The van der Waals surface area contributed by atoms with Crippen molar-refractivity contribution in [3.8, 4) is 0 Å². The molecule has 2 saturated carbocycles. The Morgan fingerprint density at radius 2 is 1.89 bits per heavy atom. The fourth-order valence-electron chi connectivity index (χ4n) is 3.17. The third-order valence-corrected chi connectivity index (χ3v) is 4.93. The maximum atomic E-state index is 6.45. The van der Waals surface area contributed by atoms with Gasteiger partial charge < -0.3 is 10.1 Å². The summed E-state index contributed by atoms with van der Waals surface area (Å²) in [6, 6.07) is 0.799. The molecule has 2 aliphatic rings. The van der Waals surface area contributed by atoms with Crippen LogP contribution in [0.15, 0.2) is 0 Å². The van der Waals surface area contributed by atoms with E-state index in [-0.39, 0.29) is 5.60 Å². The van der Waals surface area contributed by atoms with E-state index in [1.165, 1.54) is 51.4 Å². The Morgan fingerprint density at radius 1 is 1.21 bits per heavy atom. The lowest BCUT2D eigenvalue weighted by Crippen LogP contribution is -2.47. The van der Waals surface area contributed by atoms with Gasteiger partial charge in [-0.15, -0.1) is 0 Å². The van der Waals surface area contributed by atoms with E-state index in [0.29, 0.717) is 5.92 Å². The zero-order valence-electron chi connectivity index (χ0n) is 13.2. The van der Waals surface area contributed by atoms with Gasteiger partial charge in [0.25, 0.3) is 0 Å². The summed E-state index contributed by atoms with van der Waals surface area (Å²) in [5.41, 5.74) is 0.150. The van der Waals surface area contributed by atoms with Gasteiger partial charge in [-0.05, 0) is 56.8 Å². The first-order chi connectivity index (χ1) is 9.13. The molecule has 0 radical (unpaired) electrons. The minimum absolute atomic E-state index is 0.150. The van der Waals surface area contributed by atoms with Gasteiger partial charge in [0, 0.05) is 19.2 Å². The van der Waals surface area contributed by atoms with Crippen LogP contribution in [0, 0.1) is 11.8 Å². The van der Waals surface area contributed by atoms with Gasteiger partial charge in [-0.25, -0.2) is 0 Å². The van der Waals surface area contributed by atoms with Gasteiger partial charge in [-0.1, -0.05) is 27.2 Å². The van der Waals surface area contributed by atoms with Gasteiger partial charge in [0.2, 0.25) is 0 Å². The predicted octanol–water partition coefficient (Wildman–Crippen LogP) is 4.14. The van der Waals surface area contributed by atoms with Crippen molar-refractivity contribution in [3.05, 3.63) is 0 Å². The number of ether oxygens (including phenoxy) is 1. The first-order valence-corrected chi connectivity index (χ1v) is 8.51. The fraction of sp³-hybridized carbons (Fsp3) is 1.00. The topological polar surface area (TPSA) is 21.3 Å². The molecule has 19 heavy (non-hydrogen) atoms. The molecule has 1 N–H and O–H groups in total. The molecule has 2 heteroatoms. The molecular formula is C17H33NO. The molecule has 0 aliphatic heterocycles. The van der Waals surface area contributed by atoms with E-state index >= 15 is 0 Å². The van der Waals surface area contributed by atoms with Crippen molar-refractivity contribution >= 4 is 0 Å². The molecule has 2 nitrogen and oxygen atoms in total. The standard InChI is InChI=1S/C17H33NO/c1-4-5-15(3)12-19-17(13-18-16-6-7-16)10-8-14(2)9-11-17/h14-16,18H,4-13H2,1-3H3. The number of hydrogen-bond donors (Lipinski definition) is 1. The largest absolute Gasteiger partial charge is 0.373 e. The molecule has 2 aliphatic carbocycles. The summed E-state index contributed by atoms with van der Waals surface area (Å²) in [7, 11) is 0. The molecule has 1 unspecified atom stereocenters. The summed E-state index contributed by atoms with van der Waals surface area (Å²) >= 11 is 0. The third kappa shape index (κ3) is 5.07. The highest BCUT2D eigenvalue weighted by atomic mass is 16.5. The molecule has 2 fully saturated rings. The molecule has 1 atom stereocenters. The maximum Gasteiger partial charge on any atom is 0.0806 e. The second kappa shape index (κ2) is 7.08. The summed E-state index contributed by atoms with van der Waals surface area (Å²) in [4.78, 5) is 0. The van der Waals surface area contributed by atoms with Crippen LogP contribution in [0.3, 0.4) is 0 Å². The summed E-state index contributed by atoms with van der Waals surface area (Å²) in [5, 5.41) is 3.71. The lowest BCUT2D eigenvalue weighted by Gasteiger charge is -2.40. The highest BCUT2D eigenvalue weighted by molar-refractivity contribution is 4.92. The van der Waals surface area contributed by atoms with Gasteiger partial charge >= 0.3 is 0 Å². The molecule has 0 spiro atoms. The van der Waals surface area contributed by atoms with E-state index in [1.807, 2.05) is 0 Å². The fourth-order valence-corrected chi connectivity index (χ4v) is 3.17. The van der Waals surface area contributed by atoms with Crippen molar-refractivity contribution in [1.82, 2.24) is 5.32 Å². The lowest BCUT2D eigenvalue weighted by molar-refractivity contribution is -0.0869. The molecular weight excluding hydrogens is 234 g/mol. The van der Waals surface area contributed by atoms with E-state index in [9.17, 15) is 0 Å². The number of rotatable bonds is 8. The summed E-state index contributed by atoms with van der Waals surface area (Å²) in [6.07, 6.45) is 10.5. The van der Waals surface area contributed by atoms with Crippen LogP contribution in [-0.2, 0) is 4.74 Å². The van der Waals surface area contributed by atoms with Crippen LogP contribution in [-0.4, -0.2) is 24.8 Å². The van der Waals surface area contributed by atoms with Crippen molar-refractivity contribution in [3.63, 3.8) is 0 Å². The summed E-state index contributed by atoms with van der Waals surface area (Å²) < 4.78 is 6.45. The highest BCUT2D eigenvalue weighted by Gasteiger charge is 2.36. The first kappa shape index (κ1) is 15.3. The monoisotopic (exact) mass is 267 g/mol. The predicted molar refractivity (Wildman–Crippen MR) is 81.4 cm³/mol. The van der Waals surface area contributed by atoms with Crippen LogP contribution in [0.1, 0.15) is 72.1 Å². The molecule has 112 valence electrons. The number of nitrogens with one attached hydrogen (secondary N) is 1. The van der Waals surface area contributed by atoms with E-state index in [0.717, 1.165) is 25.1 Å². The van der Waals surface area contributed by atoms with Gasteiger partial charge in [0.1, 0.15) is 0 Å². The quantitative estimate of drug-likeness (QED) is 0.713. The van der Waals surface area contributed by atoms with Crippen LogP contribution in [0.4, 0.5) is 0 Å². The Balaban J connectivity index is 1.81. The van der Waals surface area contributed by atoms with Gasteiger partial charge in [-0.2, -0.15) is 0 Å². The smallest absolute Gasteiger partial charge is 0.0806 e. The van der Waals surface area contributed by atoms with Crippen molar-refractivity contribution < 1.29 is 4.74 Å². The van der Waals surface area contributed by atoms with Gasteiger partial charge in [-0.3, -0.25) is 0 Å². The molecule has 0 aromatic carbocycles. The Kier molecular flexibility index (Phi) is 5.70. The minimum atomic E-state index is 0.150. The molecule has 0 bridgehead atoms. The zero-order chi connectivity index (χ0) is 13.7. The van der Waals surface area contributed by atoms with Crippen LogP contribution in [0.5, 0.6) is 0 Å². The maximum absolute atomic E-state index is 6.45. The molecule has 2 rings (SSSR count). The van der Waals surface area contributed by atoms with Crippen molar-refractivity contribution in [2.75, 3.05) is 13.2 Å². The SMILES string of the molecule is CCCC(C)COC1(CNC2CC2)CCC(C)CC1. The van der Waals surface area contributed by atoms with E-state index < -0.39 is 0 Å². The minimum Gasteiger partial charge on any atom is -0.373 e. The third-order valence-electron chi connectivity index (χ3n) is 4.93. The van der Waals surface area contributed by atoms with Crippen LogP contribution in [0.2, 0.25) is 0 Å². The van der Waals surface area contributed by atoms with Crippen LogP contribution >= 0.6 is 0 Å². The molecule has 0 aromatic rings. The average Bonchev–Trinajstić information content (AvgIpc) is 3.22. The van der Waals surface area contributed by atoms with Crippen molar-refractivity contribution in [1.29, 1.82) is 0 Å². The van der Waals surface area contributed by atoms with Crippen LogP contribution < -0.4 is 5.32 Å². The second-order valence-electron chi connectivity index (χ2n) is 7.23. The zero-order valence-corrected chi connectivity index (χ0v) is 13.2. The molecule has 0 amide bonds. The summed E-state index contributed by atoms with van der Waals surface area (Å²) in [6.45, 7) is 9.02. The van der Waals surface area contributed by atoms with Gasteiger partial charge in [0.15, 0.2) is 0 Å². The Morgan fingerprint density at radius 3 is 2.47 bits per heavy atom. The lowest BCUT2D eigenvalue weighted by atomic mass is 9.79. The average molecular weight is 267 g/mol. The first-order valence-electron chi connectivity index (χ1n) is 8.51. The van der Waals surface area contributed by atoms with Gasteiger partial charge in [0.05, 0.1) is 5.60 Å². The van der Waals surface area contributed by atoms with Crippen molar-refractivity contribution in [2.24, 2.45) is 11.8 Å². The molecule has 0 saturated heterocycles. The Labute approximate surface area is 119 Å². The Bertz CT molecular complexity index is 254. The van der Waals surface area contributed by atoms with Crippen molar-refractivity contribution in [2.45, 2.75) is 83.8 Å². The second-order valence-corrected chi connectivity index (χ2v) is 7.23. The number of hydrogen-bond acceptors (Lipinski definition) is 2. The van der Waals surface area contributed by atoms with Crippen LogP contribution in [0.25, 0.3) is 0 Å². The van der Waals surface area contributed by atoms with E-state index in [1.54, 1.807) is 0 Å².